The Morgan fingerprint density at radius 2 is 2.58 bits per heavy atom. The number of carbonyl (C=O) groups excluding carboxylic acids is 1. The molecule has 0 aromatic carbocycles. The first-order valence-electron chi connectivity index (χ1n) is 3.54. The van der Waals surface area contributed by atoms with Gasteiger partial charge in [-0.25, -0.2) is 4.79 Å². The van der Waals surface area contributed by atoms with E-state index in [2.05, 4.69) is 20.3 Å². The van der Waals surface area contributed by atoms with E-state index in [4.69, 9.17) is 0 Å². The highest BCUT2D eigenvalue weighted by molar-refractivity contribution is 5.82. The van der Waals surface area contributed by atoms with Gasteiger partial charge in [-0.3, -0.25) is 5.32 Å². The highest BCUT2D eigenvalue weighted by atomic mass is 16.5. The monoisotopic (exact) mass is 167 g/mol. The minimum atomic E-state index is -0.516. The molecule has 1 aromatic heterocycles. The number of carbonyl (C=O) groups is 1. The number of hydrogen-bond acceptors (Lipinski definition) is 4. The van der Waals surface area contributed by atoms with Crippen LogP contribution in [0.4, 0.5) is 10.6 Å². The average Bonchev–Trinajstić information content (AvgIpc) is 2.06. The smallest absolute Gasteiger partial charge is 0.412 e. The van der Waals surface area contributed by atoms with Gasteiger partial charge in [-0.05, 0) is 19.1 Å². The molecule has 5 heteroatoms. The van der Waals surface area contributed by atoms with E-state index in [1.54, 1.807) is 19.1 Å². The van der Waals surface area contributed by atoms with Crippen molar-refractivity contribution in [2.45, 2.75) is 6.92 Å². The predicted octanol–water partition coefficient (Wildman–Crippen LogP) is 1.04. The van der Waals surface area contributed by atoms with Gasteiger partial charge in [0.2, 0.25) is 0 Å². The van der Waals surface area contributed by atoms with Gasteiger partial charge < -0.3 is 4.74 Å². The third kappa shape index (κ3) is 2.53. The molecule has 0 spiro atoms. The van der Waals surface area contributed by atoms with Crippen LogP contribution in [0.5, 0.6) is 0 Å². The maximum absolute atomic E-state index is 10.8. The number of aromatic nitrogens is 2. The number of nitrogens with one attached hydrogen (secondary N) is 1. The van der Waals surface area contributed by atoms with E-state index >= 15 is 0 Å². The molecule has 0 aliphatic heterocycles. The van der Waals surface area contributed by atoms with Crippen LogP contribution in [-0.2, 0) is 4.74 Å². The molecule has 1 aromatic rings. The Labute approximate surface area is 69.8 Å². The molecule has 0 aliphatic carbocycles. The van der Waals surface area contributed by atoms with Gasteiger partial charge in [-0.2, -0.15) is 5.10 Å². The van der Waals surface area contributed by atoms with Crippen LogP contribution in [0.25, 0.3) is 0 Å². The third-order valence-corrected chi connectivity index (χ3v) is 1.08. The fraction of sp³-hybridized carbons (Fsp3) is 0.286. The predicted molar refractivity (Wildman–Crippen MR) is 42.7 cm³/mol. The fourth-order valence-electron chi connectivity index (χ4n) is 0.640. The number of anilines is 1. The molecule has 1 rings (SSSR count). The molecule has 0 saturated heterocycles. The molecule has 0 radical (unpaired) electrons. The Morgan fingerprint density at radius 1 is 1.75 bits per heavy atom. The molecular formula is C7H9N3O2. The highest BCUT2D eigenvalue weighted by Crippen LogP contribution is 1.97. The van der Waals surface area contributed by atoms with Crippen molar-refractivity contribution in [3.05, 3.63) is 18.3 Å². The van der Waals surface area contributed by atoms with Gasteiger partial charge in [0, 0.05) is 6.20 Å². The Kier molecular flexibility index (Phi) is 3.01. The first kappa shape index (κ1) is 8.45. The summed E-state index contributed by atoms with van der Waals surface area (Å²) in [6.45, 7) is 2.07. The summed E-state index contributed by atoms with van der Waals surface area (Å²) >= 11 is 0. The normalized spacial score (nSPS) is 9.08. The minimum Gasteiger partial charge on any atom is -0.450 e. The summed E-state index contributed by atoms with van der Waals surface area (Å²) in [6.07, 6.45) is 1.01. The number of nitrogens with zero attached hydrogens (tertiary/aromatic N) is 2. The zero-order chi connectivity index (χ0) is 8.81. The molecule has 0 aliphatic rings. The lowest BCUT2D eigenvalue weighted by Gasteiger charge is -2.01. The van der Waals surface area contributed by atoms with Crippen molar-refractivity contribution in [2.75, 3.05) is 11.9 Å². The largest absolute Gasteiger partial charge is 0.450 e. The average molecular weight is 167 g/mol. The molecule has 0 bridgehead atoms. The van der Waals surface area contributed by atoms with Crippen LogP contribution in [-0.4, -0.2) is 22.9 Å². The van der Waals surface area contributed by atoms with Gasteiger partial charge in [0.05, 0.1) is 6.61 Å². The summed E-state index contributed by atoms with van der Waals surface area (Å²) in [5, 5.41) is 9.62. The second-order valence-corrected chi connectivity index (χ2v) is 1.95. The van der Waals surface area contributed by atoms with Crippen LogP contribution in [0.2, 0.25) is 0 Å². The van der Waals surface area contributed by atoms with Crippen LogP contribution in [0.1, 0.15) is 6.92 Å². The maximum atomic E-state index is 10.8. The van der Waals surface area contributed by atoms with E-state index in [1.165, 1.54) is 6.20 Å². The van der Waals surface area contributed by atoms with E-state index in [0.29, 0.717) is 12.4 Å². The Hall–Kier alpha value is -1.65. The second kappa shape index (κ2) is 4.27. The number of ether oxygens (including phenoxy) is 1. The molecule has 5 nitrogen and oxygen atoms in total. The molecule has 12 heavy (non-hydrogen) atoms. The fourth-order valence-corrected chi connectivity index (χ4v) is 0.640. The maximum Gasteiger partial charge on any atom is 0.412 e. The topological polar surface area (TPSA) is 64.1 Å². The molecule has 0 unspecified atom stereocenters. The molecule has 0 saturated carbocycles. The van der Waals surface area contributed by atoms with Crippen molar-refractivity contribution in [1.82, 2.24) is 10.2 Å². The lowest BCUT2D eigenvalue weighted by Crippen LogP contribution is -2.14. The van der Waals surface area contributed by atoms with Gasteiger partial charge in [0.1, 0.15) is 0 Å². The molecular weight excluding hydrogens is 158 g/mol. The van der Waals surface area contributed by atoms with Gasteiger partial charge >= 0.3 is 6.09 Å². The second-order valence-electron chi connectivity index (χ2n) is 1.95. The van der Waals surface area contributed by atoms with Gasteiger partial charge in [-0.1, -0.05) is 0 Å². The van der Waals surface area contributed by atoms with Gasteiger partial charge in [0.25, 0.3) is 0 Å². The molecule has 0 atom stereocenters. The summed E-state index contributed by atoms with van der Waals surface area (Å²) in [4.78, 5) is 10.8. The summed E-state index contributed by atoms with van der Waals surface area (Å²) in [5.74, 6) is 0.385. The quantitative estimate of drug-likeness (QED) is 0.714. The molecule has 1 heterocycles. The van der Waals surface area contributed by atoms with Crippen LogP contribution < -0.4 is 5.32 Å². The van der Waals surface area contributed by atoms with E-state index in [1.807, 2.05) is 0 Å². The summed E-state index contributed by atoms with van der Waals surface area (Å²) in [6, 6.07) is 3.30. The molecule has 64 valence electrons. The Bertz CT molecular complexity index is 250. The Balaban J connectivity index is 2.47. The first-order valence-corrected chi connectivity index (χ1v) is 3.54. The first-order chi connectivity index (χ1) is 5.83. The number of hydrogen-bond donors (Lipinski definition) is 1. The standard InChI is InChI=1S/C7H9N3O2/c1-2-12-7(11)9-6-4-3-5-8-10-6/h3-5H,2H2,1H3,(H,9,10,11). The number of rotatable bonds is 2. The van der Waals surface area contributed by atoms with Crippen LogP contribution >= 0.6 is 0 Å². The van der Waals surface area contributed by atoms with Gasteiger partial charge in [-0.15, -0.1) is 5.10 Å². The lowest BCUT2D eigenvalue weighted by atomic mass is 10.5. The van der Waals surface area contributed by atoms with Crippen molar-refractivity contribution in [2.24, 2.45) is 0 Å². The van der Waals surface area contributed by atoms with Crippen molar-refractivity contribution in [3.63, 3.8) is 0 Å². The van der Waals surface area contributed by atoms with Crippen molar-refractivity contribution < 1.29 is 9.53 Å². The zero-order valence-corrected chi connectivity index (χ0v) is 6.65. The van der Waals surface area contributed by atoms with E-state index < -0.39 is 6.09 Å². The van der Waals surface area contributed by atoms with Crippen molar-refractivity contribution in [3.8, 4) is 0 Å². The molecule has 1 amide bonds. The third-order valence-electron chi connectivity index (χ3n) is 1.08. The lowest BCUT2D eigenvalue weighted by molar-refractivity contribution is 0.168. The summed E-state index contributed by atoms with van der Waals surface area (Å²) in [7, 11) is 0. The SMILES string of the molecule is CCOC(=O)Nc1cccnn1. The van der Waals surface area contributed by atoms with Crippen LogP contribution in [0.3, 0.4) is 0 Å². The molecule has 0 fully saturated rings. The molecule has 1 N–H and O–H groups in total. The van der Waals surface area contributed by atoms with E-state index in [9.17, 15) is 4.79 Å². The Morgan fingerprint density at radius 3 is 3.17 bits per heavy atom. The van der Waals surface area contributed by atoms with E-state index in [-0.39, 0.29) is 0 Å². The zero-order valence-electron chi connectivity index (χ0n) is 6.65. The summed E-state index contributed by atoms with van der Waals surface area (Å²) < 4.78 is 4.63. The number of amides is 1. The highest BCUT2D eigenvalue weighted by Gasteiger charge is 2.00. The minimum absolute atomic E-state index is 0.339. The van der Waals surface area contributed by atoms with Crippen LogP contribution in [0.15, 0.2) is 18.3 Å². The summed E-state index contributed by atoms with van der Waals surface area (Å²) in [5.41, 5.74) is 0. The van der Waals surface area contributed by atoms with Gasteiger partial charge in [0.15, 0.2) is 5.82 Å². The van der Waals surface area contributed by atoms with Crippen LogP contribution in [0, 0.1) is 0 Å². The van der Waals surface area contributed by atoms with Crippen molar-refractivity contribution in [1.29, 1.82) is 0 Å². The van der Waals surface area contributed by atoms with Crippen molar-refractivity contribution >= 4 is 11.9 Å². The van der Waals surface area contributed by atoms with E-state index in [0.717, 1.165) is 0 Å².